The molecular weight excluding hydrogens is 326 g/mol. The third-order valence-corrected chi connectivity index (χ3v) is 5.27. The second-order valence-electron chi connectivity index (χ2n) is 6.68. The number of hydrogen-bond acceptors (Lipinski definition) is 3. The van der Waals surface area contributed by atoms with Gasteiger partial charge in [-0.05, 0) is 26.2 Å². The Morgan fingerprint density at radius 1 is 1.38 bits per heavy atom. The fraction of sp³-hybridized carbons (Fsp3) is 0.588. The highest BCUT2D eigenvalue weighted by atomic mass is 35.5. The number of amides is 1. The van der Waals surface area contributed by atoms with Crippen molar-refractivity contribution in [1.82, 2.24) is 20.0 Å². The largest absolute Gasteiger partial charge is 0.308 e. The molecule has 0 atom stereocenters. The lowest BCUT2D eigenvalue weighted by atomic mass is 9.86. The van der Waals surface area contributed by atoms with Crippen LogP contribution in [-0.4, -0.2) is 25.9 Å². The zero-order valence-electron chi connectivity index (χ0n) is 14.2. The quantitative estimate of drug-likeness (QED) is 0.865. The molecule has 1 fully saturated rings. The van der Waals surface area contributed by atoms with Gasteiger partial charge < -0.3 is 5.32 Å². The van der Waals surface area contributed by atoms with Crippen LogP contribution in [0.1, 0.15) is 49.2 Å². The van der Waals surface area contributed by atoms with E-state index in [1.165, 1.54) is 32.1 Å². The lowest BCUT2D eigenvalue weighted by Gasteiger charge is -2.20. The van der Waals surface area contributed by atoms with E-state index in [4.69, 9.17) is 11.6 Å². The molecule has 0 radical (unpaired) electrons. The summed E-state index contributed by atoms with van der Waals surface area (Å²) in [6, 6.07) is 1.93. The van der Waals surface area contributed by atoms with Crippen LogP contribution in [0.15, 0.2) is 6.07 Å². The first kappa shape index (κ1) is 17.0. The van der Waals surface area contributed by atoms with E-state index in [0.29, 0.717) is 10.8 Å². The van der Waals surface area contributed by atoms with Crippen LogP contribution in [-0.2, 0) is 17.8 Å². The summed E-state index contributed by atoms with van der Waals surface area (Å²) in [7, 11) is 0. The van der Waals surface area contributed by atoms with Crippen LogP contribution in [0, 0.1) is 19.8 Å². The first-order valence-electron chi connectivity index (χ1n) is 8.56. The minimum Gasteiger partial charge on any atom is -0.308 e. The Labute approximate surface area is 147 Å². The minimum absolute atomic E-state index is 0.129. The number of nitrogens with one attached hydrogen (secondary N) is 2. The number of rotatable bonds is 5. The van der Waals surface area contributed by atoms with E-state index in [1.807, 2.05) is 19.9 Å². The van der Waals surface area contributed by atoms with E-state index >= 15 is 0 Å². The topological polar surface area (TPSA) is 75.6 Å². The van der Waals surface area contributed by atoms with Gasteiger partial charge in [-0.2, -0.15) is 10.2 Å². The molecular formula is C17H24ClN5O. The van der Waals surface area contributed by atoms with Gasteiger partial charge in [-0.1, -0.05) is 43.7 Å². The standard InChI is InChI=1S/C17H24ClN5O/c1-11-17(18)12(2)23(22-11)10-16(24)19-15-9-14(20-21-15)8-13-6-4-3-5-7-13/h9,13H,3-8,10H2,1-2H3,(H2,19,20,21,24). The molecule has 6 nitrogen and oxygen atoms in total. The summed E-state index contributed by atoms with van der Waals surface area (Å²) in [6.45, 7) is 3.81. The van der Waals surface area contributed by atoms with Crippen molar-refractivity contribution < 1.29 is 4.79 Å². The van der Waals surface area contributed by atoms with Crippen molar-refractivity contribution in [1.29, 1.82) is 0 Å². The van der Waals surface area contributed by atoms with Crippen LogP contribution in [0.25, 0.3) is 0 Å². The fourth-order valence-corrected chi connectivity index (χ4v) is 3.52. The van der Waals surface area contributed by atoms with E-state index in [1.54, 1.807) is 4.68 Å². The summed E-state index contributed by atoms with van der Waals surface area (Å²) in [5.74, 6) is 1.14. The summed E-state index contributed by atoms with van der Waals surface area (Å²) in [6.07, 6.45) is 7.60. The number of halogens is 1. The lowest BCUT2D eigenvalue weighted by Crippen LogP contribution is -2.20. The number of aromatic nitrogens is 4. The van der Waals surface area contributed by atoms with Gasteiger partial charge in [0.05, 0.1) is 16.4 Å². The number of carbonyl (C=O) groups is 1. The van der Waals surface area contributed by atoms with E-state index in [-0.39, 0.29) is 12.5 Å². The first-order chi connectivity index (χ1) is 11.5. The van der Waals surface area contributed by atoms with Gasteiger partial charge in [0.15, 0.2) is 5.82 Å². The summed E-state index contributed by atoms with van der Waals surface area (Å²) in [5.41, 5.74) is 2.62. The zero-order chi connectivity index (χ0) is 17.1. The molecule has 2 aromatic rings. The molecule has 0 aromatic carbocycles. The fourth-order valence-electron chi connectivity index (χ4n) is 3.38. The van der Waals surface area contributed by atoms with Gasteiger partial charge in [-0.15, -0.1) is 0 Å². The molecule has 130 valence electrons. The molecule has 0 saturated heterocycles. The van der Waals surface area contributed by atoms with Crippen LogP contribution in [0.3, 0.4) is 0 Å². The Morgan fingerprint density at radius 3 is 2.79 bits per heavy atom. The maximum absolute atomic E-state index is 12.2. The van der Waals surface area contributed by atoms with Crippen molar-refractivity contribution in [2.24, 2.45) is 5.92 Å². The molecule has 0 bridgehead atoms. The summed E-state index contributed by atoms with van der Waals surface area (Å²) < 4.78 is 1.61. The first-order valence-corrected chi connectivity index (χ1v) is 8.94. The van der Waals surface area contributed by atoms with Crippen molar-refractivity contribution >= 4 is 23.3 Å². The number of H-pyrrole nitrogens is 1. The van der Waals surface area contributed by atoms with E-state index in [9.17, 15) is 4.79 Å². The van der Waals surface area contributed by atoms with E-state index in [0.717, 1.165) is 29.4 Å². The van der Waals surface area contributed by atoms with Crippen LogP contribution in [0.2, 0.25) is 5.02 Å². The third kappa shape index (κ3) is 3.98. The Hall–Kier alpha value is -1.82. The van der Waals surface area contributed by atoms with Crippen molar-refractivity contribution in [3.8, 4) is 0 Å². The molecule has 0 unspecified atom stereocenters. The number of nitrogens with zero attached hydrogens (tertiary/aromatic N) is 3. The third-order valence-electron chi connectivity index (χ3n) is 4.72. The molecule has 0 spiro atoms. The minimum atomic E-state index is -0.159. The predicted molar refractivity (Wildman–Crippen MR) is 94.2 cm³/mol. The number of hydrogen-bond donors (Lipinski definition) is 2. The van der Waals surface area contributed by atoms with Crippen molar-refractivity contribution in [2.45, 2.75) is 58.9 Å². The molecule has 1 aliphatic rings. The lowest BCUT2D eigenvalue weighted by molar-refractivity contribution is -0.117. The Kier molecular flexibility index (Phi) is 5.23. The van der Waals surface area contributed by atoms with Crippen LogP contribution < -0.4 is 5.32 Å². The average molecular weight is 350 g/mol. The Balaban J connectivity index is 1.55. The maximum atomic E-state index is 12.2. The predicted octanol–water partition coefficient (Wildman–Crippen LogP) is 3.64. The van der Waals surface area contributed by atoms with Crippen molar-refractivity contribution in [2.75, 3.05) is 5.32 Å². The highest BCUT2D eigenvalue weighted by molar-refractivity contribution is 6.31. The molecule has 1 aliphatic carbocycles. The highest BCUT2D eigenvalue weighted by Gasteiger charge is 2.16. The molecule has 3 rings (SSSR count). The van der Waals surface area contributed by atoms with Gasteiger partial charge >= 0.3 is 0 Å². The maximum Gasteiger partial charge on any atom is 0.247 e. The molecule has 0 aliphatic heterocycles. The molecule has 7 heteroatoms. The second-order valence-corrected chi connectivity index (χ2v) is 7.06. The molecule has 2 N–H and O–H groups in total. The molecule has 2 heterocycles. The summed E-state index contributed by atoms with van der Waals surface area (Å²) in [5, 5.41) is 14.9. The summed E-state index contributed by atoms with van der Waals surface area (Å²) in [4.78, 5) is 12.2. The van der Waals surface area contributed by atoms with Gasteiger partial charge in [-0.25, -0.2) is 0 Å². The van der Waals surface area contributed by atoms with Crippen molar-refractivity contribution in [3.05, 3.63) is 28.2 Å². The molecule has 2 aromatic heterocycles. The Morgan fingerprint density at radius 2 is 2.12 bits per heavy atom. The van der Waals surface area contributed by atoms with Gasteiger partial charge in [0, 0.05) is 11.8 Å². The van der Waals surface area contributed by atoms with E-state index < -0.39 is 0 Å². The second kappa shape index (κ2) is 7.38. The Bertz CT molecular complexity index is 715. The molecule has 1 saturated carbocycles. The van der Waals surface area contributed by atoms with E-state index in [2.05, 4.69) is 20.6 Å². The number of anilines is 1. The smallest absolute Gasteiger partial charge is 0.247 e. The molecule has 1 amide bonds. The SMILES string of the molecule is Cc1nn(CC(=O)Nc2cc(CC3CCCCC3)[nH]n2)c(C)c1Cl. The summed E-state index contributed by atoms with van der Waals surface area (Å²) >= 11 is 6.11. The average Bonchev–Trinajstić information content (AvgIpc) is 3.09. The number of aryl methyl sites for hydroxylation is 1. The highest BCUT2D eigenvalue weighted by Crippen LogP contribution is 2.26. The van der Waals surface area contributed by atoms with Crippen LogP contribution >= 0.6 is 11.6 Å². The number of carbonyl (C=O) groups excluding carboxylic acids is 1. The monoisotopic (exact) mass is 349 g/mol. The van der Waals surface area contributed by atoms with Crippen molar-refractivity contribution in [3.63, 3.8) is 0 Å². The molecule has 24 heavy (non-hydrogen) atoms. The van der Waals surface area contributed by atoms with Gasteiger partial charge in [-0.3, -0.25) is 14.6 Å². The van der Waals surface area contributed by atoms with Gasteiger partial charge in [0.2, 0.25) is 5.91 Å². The van der Waals surface area contributed by atoms with Gasteiger partial charge in [0.25, 0.3) is 0 Å². The number of aromatic amines is 1. The van der Waals surface area contributed by atoms with Crippen LogP contribution in [0.5, 0.6) is 0 Å². The van der Waals surface area contributed by atoms with Crippen LogP contribution in [0.4, 0.5) is 5.82 Å². The zero-order valence-corrected chi connectivity index (χ0v) is 15.0. The normalized spacial score (nSPS) is 15.6. The van der Waals surface area contributed by atoms with Gasteiger partial charge in [0.1, 0.15) is 6.54 Å².